The van der Waals surface area contributed by atoms with Gasteiger partial charge in [-0.2, -0.15) is 0 Å². The second-order valence-corrected chi connectivity index (χ2v) is 8.00. The van der Waals surface area contributed by atoms with E-state index in [4.69, 9.17) is 9.47 Å². The topological polar surface area (TPSA) is 134 Å². The van der Waals surface area contributed by atoms with Crippen molar-refractivity contribution in [2.75, 3.05) is 20.8 Å². The van der Waals surface area contributed by atoms with E-state index in [1.54, 1.807) is 12.1 Å². The number of phenolic OH excluding ortho intramolecular Hbond substituents is 1. The van der Waals surface area contributed by atoms with Crippen molar-refractivity contribution in [3.05, 3.63) is 59.7 Å². The molecule has 9 heteroatoms. The van der Waals surface area contributed by atoms with Crippen LogP contribution in [0.3, 0.4) is 0 Å². The molecule has 9 nitrogen and oxygen atoms in total. The summed E-state index contributed by atoms with van der Waals surface area (Å²) in [6, 6.07) is 12.3. The van der Waals surface area contributed by atoms with E-state index in [-0.39, 0.29) is 18.1 Å². The molecule has 0 heterocycles. The number of rotatable bonds is 13. The largest absolute Gasteiger partial charge is 0.504 e. The number of hydrogen-bond donors (Lipinski definition) is 4. The van der Waals surface area contributed by atoms with Gasteiger partial charge in [-0.25, -0.2) is 4.79 Å². The van der Waals surface area contributed by atoms with Crippen LogP contribution in [0.1, 0.15) is 36.8 Å². The molecular formula is C25H32N2O7. The highest BCUT2D eigenvalue weighted by Gasteiger charge is 2.28. The summed E-state index contributed by atoms with van der Waals surface area (Å²) in [7, 11) is 2.71. The van der Waals surface area contributed by atoms with Crippen LogP contribution in [-0.2, 0) is 25.5 Å². The van der Waals surface area contributed by atoms with Gasteiger partial charge in [-0.1, -0.05) is 43.3 Å². The van der Waals surface area contributed by atoms with Crippen molar-refractivity contribution in [2.45, 2.75) is 44.2 Å². The van der Waals surface area contributed by atoms with Gasteiger partial charge in [-0.3, -0.25) is 9.59 Å². The van der Waals surface area contributed by atoms with E-state index in [0.29, 0.717) is 18.7 Å². The summed E-state index contributed by atoms with van der Waals surface area (Å²) in [6.07, 6.45) is 0.361. The zero-order valence-electron chi connectivity index (χ0n) is 19.6. The van der Waals surface area contributed by atoms with E-state index in [2.05, 4.69) is 10.6 Å². The number of carboxylic acid groups (broad SMARTS) is 1. The molecule has 2 aromatic rings. The fourth-order valence-electron chi connectivity index (χ4n) is 3.54. The van der Waals surface area contributed by atoms with Crippen molar-refractivity contribution >= 4 is 17.8 Å². The molecule has 4 N–H and O–H groups in total. The second kappa shape index (κ2) is 13.2. The van der Waals surface area contributed by atoms with Crippen molar-refractivity contribution < 1.29 is 34.1 Å². The van der Waals surface area contributed by atoms with Crippen LogP contribution in [0.2, 0.25) is 0 Å². The number of carboxylic acids is 1. The van der Waals surface area contributed by atoms with E-state index < -0.39 is 36.4 Å². The number of esters is 1. The lowest BCUT2D eigenvalue weighted by Crippen LogP contribution is -2.52. The molecule has 2 rings (SSSR count). The molecule has 0 aliphatic heterocycles. The summed E-state index contributed by atoms with van der Waals surface area (Å²) >= 11 is 0. The van der Waals surface area contributed by atoms with Crippen LogP contribution in [0, 0.1) is 0 Å². The van der Waals surface area contributed by atoms with Crippen molar-refractivity contribution in [1.82, 2.24) is 10.6 Å². The number of carbonyl (C=O) groups is 3. The van der Waals surface area contributed by atoms with Crippen molar-refractivity contribution in [1.29, 1.82) is 0 Å². The molecule has 184 valence electrons. The standard InChI is InChI=1S/C25H32N2O7/c1-16(18-9-10-22(33-2)21(28)14-18)11-12-26-19(15-23(29)30)24(31)27-20(25(32)34-3)13-17-7-5-4-6-8-17/h4-10,14,16,19-20,26,28H,11-13,15H2,1-3H3,(H,27,31)(H,29,30)/t16-,19-,20-/m0/s1. The van der Waals surface area contributed by atoms with Gasteiger partial charge >= 0.3 is 11.9 Å². The third-order valence-corrected chi connectivity index (χ3v) is 5.52. The van der Waals surface area contributed by atoms with E-state index >= 15 is 0 Å². The van der Waals surface area contributed by atoms with Gasteiger partial charge in [0.25, 0.3) is 0 Å². The Morgan fingerprint density at radius 3 is 2.32 bits per heavy atom. The quantitative estimate of drug-likeness (QED) is 0.326. The van der Waals surface area contributed by atoms with Crippen LogP contribution < -0.4 is 15.4 Å². The maximum absolute atomic E-state index is 12.9. The smallest absolute Gasteiger partial charge is 0.328 e. The molecule has 1 amide bonds. The fraction of sp³-hybridized carbons (Fsp3) is 0.400. The number of phenols is 1. The first-order valence-electron chi connectivity index (χ1n) is 11.0. The molecule has 2 aromatic carbocycles. The molecule has 0 fully saturated rings. The van der Waals surface area contributed by atoms with Crippen molar-refractivity contribution in [2.24, 2.45) is 0 Å². The van der Waals surface area contributed by atoms with Crippen LogP contribution in [-0.4, -0.2) is 60.9 Å². The Kier molecular flexibility index (Phi) is 10.3. The molecular weight excluding hydrogens is 440 g/mol. The predicted octanol–water partition coefficient (Wildman–Crippen LogP) is 2.23. The van der Waals surface area contributed by atoms with Gasteiger partial charge in [-0.05, 0) is 42.1 Å². The number of hydrogen-bond acceptors (Lipinski definition) is 7. The number of aromatic hydroxyl groups is 1. The first-order chi connectivity index (χ1) is 16.2. The molecule has 0 aliphatic carbocycles. The number of nitrogens with one attached hydrogen (secondary N) is 2. The van der Waals surface area contributed by atoms with Crippen LogP contribution in [0.5, 0.6) is 11.5 Å². The maximum atomic E-state index is 12.9. The maximum Gasteiger partial charge on any atom is 0.328 e. The number of carbonyl (C=O) groups excluding carboxylic acids is 2. The van der Waals surface area contributed by atoms with Gasteiger partial charge in [0.2, 0.25) is 5.91 Å². The Morgan fingerprint density at radius 1 is 1.03 bits per heavy atom. The molecule has 0 radical (unpaired) electrons. The average Bonchev–Trinajstić information content (AvgIpc) is 2.82. The minimum Gasteiger partial charge on any atom is -0.504 e. The third-order valence-electron chi connectivity index (χ3n) is 5.52. The molecule has 0 saturated carbocycles. The Hall–Kier alpha value is -3.59. The molecule has 0 aliphatic rings. The van der Waals surface area contributed by atoms with Crippen molar-refractivity contribution in [3.8, 4) is 11.5 Å². The van der Waals surface area contributed by atoms with Gasteiger partial charge in [0, 0.05) is 6.42 Å². The molecule has 0 spiro atoms. The lowest BCUT2D eigenvalue weighted by atomic mass is 9.97. The number of benzene rings is 2. The molecule has 34 heavy (non-hydrogen) atoms. The molecule has 0 unspecified atom stereocenters. The highest BCUT2D eigenvalue weighted by molar-refractivity contribution is 5.90. The third kappa shape index (κ3) is 8.08. The van der Waals surface area contributed by atoms with Crippen LogP contribution in [0.4, 0.5) is 0 Å². The van der Waals surface area contributed by atoms with Crippen molar-refractivity contribution in [3.63, 3.8) is 0 Å². The minimum atomic E-state index is -1.14. The zero-order valence-corrected chi connectivity index (χ0v) is 19.6. The SMILES string of the molecule is COC(=O)[C@H](Cc1ccccc1)NC(=O)[C@H](CC(=O)O)NCC[C@H](C)c1ccc(OC)c(O)c1. The number of methoxy groups -OCH3 is 2. The van der Waals surface area contributed by atoms with Crippen LogP contribution in [0.15, 0.2) is 48.5 Å². The Morgan fingerprint density at radius 2 is 1.74 bits per heavy atom. The lowest BCUT2D eigenvalue weighted by molar-refractivity contribution is -0.145. The summed E-state index contributed by atoms with van der Waals surface area (Å²) in [5.74, 6) is -1.90. The summed E-state index contributed by atoms with van der Waals surface area (Å²) in [5, 5.41) is 24.9. The number of amides is 1. The molecule has 3 atom stereocenters. The van der Waals surface area contributed by atoms with E-state index in [9.17, 15) is 24.6 Å². The second-order valence-electron chi connectivity index (χ2n) is 8.00. The number of ether oxygens (including phenoxy) is 2. The minimum absolute atomic E-state index is 0.0266. The normalized spacial score (nSPS) is 13.4. The van der Waals surface area contributed by atoms with E-state index in [1.807, 2.05) is 43.3 Å². The molecule has 0 bridgehead atoms. The average molecular weight is 473 g/mol. The monoisotopic (exact) mass is 472 g/mol. The van der Waals surface area contributed by atoms with Gasteiger partial charge in [0.15, 0.2) is 11.5 Å². The van der Waals surface area contributed by atoms with Gasteiger partial charge in [0.1, 0.15) is 6.04 Å². The van der Waals surface area contributed by atoms with E-state index in [0.717, 1.165) is 11.1 Å². The Labute approximate surface area is 199 Å². The first kappa shape index (κ1) is 26.7. The van der Waals surface area contributed by atoms with Crippen LogP contribution >= 0.6 is 0 Å². The van der Waals surface area contributed by atoms with Gasteiger partial charge in [0.05, 0.1) is 26.7 Å². The zero-order chi connectivity index (χ0) is 25.1. The van der Waals surface area contributed by atoms with E-state index in [1.165, 1.54) is 14.2 Å². The summed E-state index contributed by atoms with van der Waals surface area (Å²) in [6.45, 7) is 2.31. The lowest BCUT2D eigenvalue weighted by Gasteiger charge is -2.22. The molecule has 0 aromatic heterocycles. The Bertz CT molecular complexity index is 965. The number of aliphatic carboxylic acids is 1. The summed E-state index contributed by atoms with van der Waals surface area (Å²) in [4.78, 5) is 36.4. The molecule has 0 saturated heterocycles. The summed E-state index contributed by atoms with van der Waals surface area (Å²) in [5.41, 5.74) is 1.71. The summed E-state index contributed by atoms with van der Waals surface area (Å²) < 4.78 is 9.87. The predicted molar refractivity (Wildman–Crippen MR) is 126 cm³/mol. The highest BCUT2D eigenvalue weighted by Crippen LogP contribution is 2.30. The van der Waals surface area contributed by atoms with Gasteiger partial charge < -0.3 is 30.3 Å². The van der Waals surface area contributed by atoms with Gasteiger partial charge in [-0.15, -0.1) is 0 Å². The highest BCUT2D eigenvalue weighted by atomic mass is 16.5. The first-order valence-corrected chi connectivity index (χ1v) is 11.0. The Balaban J connectivity index is 2.01. The van der Waals surface area contributed by atoms with Crippen LogP contribution in [0.25, 0.3) is 0 Å². The fourth-order valence-corrected chi connectivity index (χ4v) is 3.54.